The summed E-state index contributed by atoms with van der Waals surface area (Å²) >= 11 is 1.46. The number of anilines is 3. The van der Waals surface area contributed by atoms with E-state index in [4.69, 9.17) is 38.2 Å². The van der Waals surface area contributed by atoms with E-state index in [1.807, 2.05) is 60.4 Å². The van der Waals surface area contributed by atoms with Crippen LogP contribution in [0.15, 0.2) is 108 Å². The van der Waals surface area contributed by atoms with Gasteiger partial charge >= 0.3 is 0 Å². The Morgan fingerprint density at radius 1 is 0.812 bits per heavy atom. The number of carbonyl (C=O) groups excluding carboxylic acids is 5. The zero-order valence-electron chi connectivity index (χ0n) is 49.7. The molecule has 10 rings (SSSR count). The molecule has 4 aromatic carbocycles. The number of thioether (sulfide) groups is 1. The highest BCUT2D eigenvalue weighted by molar-refractivity contribution is 8.02. The number of benzene rings is 4. The molecular formula is C66H78N6O12S. The van der Waals surface area contributed by atoms with E-state index in [-0.39, 0.29) is 80.0 Å². The van der Waals surface area contributed by atoms with Crippen molar-refractivity contribution in [2.75, 3.05) is 95.7 Å². The number of ketones is 1. The van der Waals surface area contributed by atoms with Crippen LogP contribution in [-0.2, 0) is 48.2 Å². The molecule has 1 saturated heterocycles. The third-order valence-electron chi connectivity index (χ3n) is 16.5. The standard InChI is InChI=1S/C66H78N6O12S/c1-8-14-45-30-48-37-67-52-34-59(57(79-6)32-50(52)63(75)71(48)54(45)9-2)83-39-42-27-43(40-84-60-35-53-51(33-58(60)80-7)64(76)72-49(38-68-53)31-46-17-12-13-18-55(46)72)29-47(28-42)69(21-22-81-25-26-82-24-23-78-5)41-66(3,4)85-61-36-62(74)70(65(61)77)20-19-56(73)44-15-10-11-16-44/h8-9,12-14,17-18,27-29,32-35,37,44,48-49,61,68H,2,10-11,15-16,19-26,30-31,36,38-41H2,1,3-7H3/b14-8-/t48-,49-,61?/m0/s1. The van der Waals surface area contributed by atoms with E-state index in [9.17, 15) is 24.0 Å². The largest absolute Gasteiger partial charge is 0.493 e. The van der Waals surface area contributed by atoms with Crippen molar-refractivity contribution in [3.8, 4) is 23.0 Å². The fraction of sp³-hybridized carbons (Fsp3) is 0.455. The summed E-state index contributed by atoms with van der Waals surface area (Å²) in [4.78, 5) is 81.1. The molecule has 18 nitrogen and oxygen atoms in total. The van der Waals surface area contributed by atoms with E-state index in [0.717, 1.165) is 71.4 Å². The Morgan fingerprint density at radius 2 is 1.49 bits per heavy atom. The summed E-state index contributed by atoms with van der Waals surface area (Å²) < 4.78 is 41.6. The van der Waals surface area contributed by atoms with Crippen LogP contribution in [0.25, 0.3) is 0 Å². The molecule has 5 heterocycles. The lowest BCUT2D eigenvalue weighted by Crippen LogP contribution is -2.41. The van der Waals surface area contributed by atoms with Crippen molar-refractivity contribution in [3.05, 3.63) is 131 Å². The van der Waals surface area contributed by atoms with E-state index < -0.39 is 10.00 Å². The van der Waals surface area contributed by atoms with Gasteiger partial charge in [0.1, 0.15) is 19.0 Å². The third kappa shape index (κ3) is 13.6. The minimum atomic E-state index is -0.619. The van der Waals surface area contributed by atoms with E-state index >= 15 is 0 Å². The van der Waals surface area contributed by atoms with E-state index in [2.05, 4.69) is 42.8 Å². The first kappa shape index (κ1) is 60.7. The van der Waals surface area contributed by atoms with E-state index in [1.165, 1.54) is 23.8 Å². The number of aliphatic imine (C=N–C) groups is 1. The predicted molar refractivity (Wildman–Crippen MR) is 329 cm³/mol. The predicted octanol–water partition coefficient (Wildman–Crippen LogP) is 10.1. The lowest BCUT2D eigenvalue weighted by atomic mass is 10.0. The second-order valence-corrected chi connectivity index (χ2v) is 24.7. The van der Waals surface area contributed by atoms with Crippen LogP contribution >= 0.6 is 11.8 Å². The number of nitrogens with one attached hydrogen (secondary N) is 1. The van der Waals surface area contributed by atoms with Crippen molar-refractivity contribution in [3.63, 3.8) is 0 Å². The lowest BCUT2D eigenvalue weighted by molar-refractivity contribution is -0.138. The van der Waals surface area contributed by atoms with Crippen LogP contribution in [-0.4, -0.2) is 148 Å². The number of hydrogen-bond acceptors (Lipinski definition) is 16. The molecule has 2 fully saturated rings. The summed E-state index contributed by atoms with van der Waals surface area (Å²) in [6.07, 6.45) is 12.9. The van der Waals surface area contributed by atoms with Gasteiger partial charge in [-0.05, 0) is 105 Å². The second-order valence-electron chi connectivity index (χ2n) is 22.8. The molecule has 0 bridgehead atoms. The molecule has 450 valence electrons. The number of nitrogens with zero attached hydrogens (tertiary/aromatic N) is 5. The number of likely N-dealkylation sites (tertiary alicyclic amines) is 1. The molecule has 85 heavy (non-hydrogen) atoms. The maximum atomic E-state index is 14.3. The maximum absolute atomic E-state index is 14.3. The van der Waals surface area contributed by atoms with Crippen LogP contribution in [0.5, 0.6) is 23.0 Å². The molecule has 1 aliphatic carbocycles. The minimum absolute atomic E-state index is 0.0171. The number of hydrogen-bond donors (Lipinski definition) is 1. The van der Waals surface area contributed by atoms with Crippen LogP contribution in [0, 0.1) is 5.92 Å². The summed E-state index contributed by atoms with van der Waals surface area (Å²) in [5.41, 5.74) is 8.11. The van der Waals surface area contributed by atoms with Gasteiger partial charge in [-0.2, -0.15) is 0 Å². The van der Waals surface area contributed by atoms with Crippen molar-refractivity contribution in [1.82, 2.24) is 9.80 Å². The number of carbonyl (C=O) groups is 5. The Labute approximate surface area is 502 Å². The highest BCUT2D eigenvalue weighted by Gasteiger charge is 2.43. The summed E-state index contributed by atoms with van der Waals surface area (Å²) in [5, 5.41) is 2.92. The van der Waals surface area contributed by atoms with Gasteiger partial charge in [-0.15, -0.1) is 11.8 Å². The molecule has 19 heteroatoms. The first-order chi connectivity index (χ1) is 41.2. The molecule has 1 saturated carbocycles. The molecule has 4 aromatic rings. The average Bonchev–Trinajstić information content (AvgIpc) is 3.00. The number of ether oxygens (including phenoxy) is 7. The highest BCUT2D eigenvalue weighted by atomic mass is 32.2. The number of rotatable bonds is 28. The Balaban J connectivity index is 0.943. The normalized spacial score (nSPS) is 19.2. The van der Waals surface area contributed by atoms with Gasteiger partial charge in [0.15, 0.2) is 23.0 Å². The van der Waals surface area contributed by atoms with Gasteiger partial charge in [-0.3, -0.25) is 38.8 Å². The summed E-state index contributed by atoms with van der Waals surface area (Å²) in [5.74, 6) is 0.874. The monoisotopic (exact) mass is 1180 g/mol. The number of allylic oxidation sites excluding steroid dienone is 3. The Bertz CT molecular complexity index is 3280. The van der Waals surface area contributed by atoms with Crippen molar-refractivity contribution in [2.24, 2.45) is 10.9 Å². The molecule has 6 aliphatic rings. The lowest BCUT2D eigenvalue weighted by Gasteiger charge is -2.35. The second kappa shape index (κ2) is 27.3. The number of para-hydroxylation sites is 1. The molecular weight excluding hydrogens is 1100 g/mol. The van der Waals surface area contributed by atoms with Gasteiger partial charge in [0.2, 0.25) is 11.8 Å². The van der Waals surface area contributed by atoms with Crippen molar-refractivity contribution in [2.45, 2.75) is 107 Å². The number of Topliss-reactive ketones (excluding diaryl/α,β-unsaturated/α-hetero) is 1. The van der Waals surface area contributed by atoms with Crippen molar-refractivity contribution < 1.29 is 57.1 Å². The number of fused-ring (bicyclic) bond motifs is 6. The van der Waals surface area contributed by atoms with Crippen LogP contribution in [0.2, 0.25) is 0 Å². The summed E-state index contributed by atoms with van der Waals surface area (Å²) in [6, 6.07) is 20.8. The number of amides is 4. The Kier molecular flexibility index (Phi) is 19.5. The fourth-order valence-electron chi connectivity index (χ4n) is 12.4. The van der Waals surface area contributed by atoms with Crippen LogP contribution in [0.1, 0.15) is 103 Å². The molecule has 1 unspecified atom stereocenters. The highest BCUT2D eigenvalue weighted by Crippen LogP contribution is 2.44. The zero-order valence-corrected chi connectivity index (χ0v) is 50.5. The summed E-state index contributed by atoms with van der Waals surface area (Å²) in [7, 11) is 4.72. The van der Waals surface area contributed by atoms with Crippen LogP contribution < -0.4 is 34.1 Å². The maximum Gasteiger partial charge on any atom is 0.261 e. The topological polar surface area (TPSA) is 187 Å². The van der Waals surface area contributed by atoms with Gasteiger partial charge < -0.3 is 48.3 Å². The molecule has 0 spiro atoms. The molecule has 0 aromatic heterocycles. The van der Waals surface area contributed by atoms with Crippen molar-refractivity contribution in [1.29, 1.82) is 0 Å². The molecule has 0 radical (unpaired) electrons. The zero-order chi connectivity index (χ0) is 59.8. The quantitative estimate of drug-likeness (QED) is 0.0418. The average molecular weight is 1180 g/mol. The van der Waals surface area contributed by atoms with Gasteiger partial charge in [-0.25, -0.2) is 0 Å². The van der Waals surface area contributed by atoms with E-state index in [0.29, 0.717) is 105 Å². The molecule has 5 aliphatic heterocycles. The van der Waals surface area contributed by atoms with E-state index in [1.54, 1.807) is 49.6 Å². The summed E-state index contributed by atoms with van der Waals surface area (Å²) in [6.45, 7) is 13.8. The van der Waals surface area contributed by atoms with Crippen molar-refractivity contribution >= 4 is 70.1 Å². The first-order valence-electron chi connectivity index (χ1n) is 29.5. The Hall–Kier alpha value is -7.45. The smallest absolute Gasteiger partial charge is 0.261 e. The Morgan fingerprint density at radius 3 is 2.20 bits per heavy atom. The van der Waals surface area contributed by atoms with Gasteiger partial charge in [0.05, 0.1) is 87.1 Å². The van der Waals surface area contributed by atoms with Crippen LogP contribution in [0.4, 0.5) is 22.7 Å². The fourth-order valence-corrected chi connectivity index (χ4v) is 13.9. The molecule has 4 amide bonds. The molecule has 3 atom stereocenters. The van der Waals surface area contributed by atoms with Gasteiger partial charge in [-0.1, -0.05) is 49.8 Å². The number of methoxy groups -OCH3 is 3. The van der Waals surface area contributed by atoms with Crippen LogP contribution in [0.3, 0.4) is 0 Å². The first-order valence-corrected chi connectivity index (χ1v) is 30.4. The van der Waals surface area contributed by atoms with Gasteiger partial charge in [0, 0.05) is 98.6 Å². The number of imide groups is 1. The van der Waals surface area contributed by atoms with Gasteiger partial charge in [0.25, 0.3) is 11.8 Å². The SMILES string of the molecule is C=CC1=C(/C=C\C)C[C@H]2C=Nc3cc(OCc4cc(COc5cc6c(cc5OC)C(=O)N5c7ccccc7C[C@H]5CN6)cc(N(CCOCCOCCOC)CC(C)(C)SC5CC(=O)N(CCC(=O)C6CCCC6)C5=O)c4)c(OC)cc3C(=O)N12. The minimum Gasteiger partial charge on any atom is -0.493 e. The molecule has 1 N–H and O–H groups in total. The third-order valence-corrected chi connectivity index (χ3v) is 17.9.